The molecule has 0 aliphatic rings. The molecule has 0 unspecified atom stereocenters. The third-order valence-corrected chi connectivity index (χ3v) is 8.43. The molecule has 0 radical (unpaired) electrons. The van der Waals surface area contributed by atoms with Crippen molar-refractivity contribution in [3.8, 4) is 11.5 Å². The Bertz CT molecular complexity index is 1790. The van der Waals surface area contributed by atoms with Gasteiger partial charge in [0.05, 0.1) is 20.5 Å². The van der Waals surface area contributed by atoms with Crippen molar-refractivity contribution >= 4 is 35.0 Å². The average molecular weight is 689 g/mol. The molecule has 12 heteroatoms. The fourth-order valence-corrected chi connectivity index (χ4v) is 5.53. The van der Waals surface area contributed by atoms with Crippen molar-refractivity contribution in [3.05, 3.63) is 138 Å². The van der Waals surface area contributed by atoms with Crippen molar-refractivity contribution in [2.24, 2.45) is 0 Å². The number of benzene rings is 4. The zero-order valence-corrected chi connectivity index (χ0v) is 28.8. The molecular formula is C39H40N6O6. The zero-order chi connectivity index (χ0) is 36.3. The summed E-state index contributed by atoms with van der Waals surface area (Å²) in [7, 11) is 6.35. The van der Waals surface area contributed by atoms with Crippen LogP contribution in [-0.2, 0) is 22.4 Å². The predicted molar refractivity (Wildman–Crippen MR) is 194 cm³/mol. The molecule has 2 atom stereocenters. The summed E-state index contributed by atoms with van der Waals surface area (Å²) in [5.74, 6) is -0.930. The van der Waals surface area contributed by atoms with Gasteiger partial charge in [0.2, 0.25) is 11.8 Å². The van der Waals surface area contributed by atoms with Crippen molar-refractivity contribution in [1.29, 1.82) is 0 Å². The first-order valence-corrected chi connectivity index (χ1v) is 16.2. The molecule has 1 aromatic heterocycles. The Balaban J connectivity index is 1.37. The van der Waals surface area contributed by atoms with Crippen LogP contribution in [0, 0.1) is 0 Å². The van der Waals surface area contributed by atoms with E-state index >= 15 is 0 Å². The Morgan fingerprint density at radius 2 is 1.04 bits per heavy atom. The summed E-state index contributed by atoms with van der Waals surface area (Å²) < 4.78 is 10.5. The number of anilines is 2. The van der Waals surface area contributed by atoms with Crippen LogP contribution in [0.15, 0.2) is 116 Å². The Hall–Kier alpha value is -6.43. The standard InChI is InChI=1S/C39H40N6O6/c1-44(28-15-19-30(50-3)20-16-28)38(48)32(23-26-11-7-5-8-12-26)42-36(46)34-35(41-25-40-34)37(47)43-33(24-27-13-9-6-10-14-27)39(49)45(2)29-17-21-31(51-4)22-18-29/h5-22,25,32-33H,23-24H2,1-4H3,(H,40,41)(H,42,46)(H,43,47)/t32-,33-/m0/s1. The summed E-state index contributed by atoms with van der Waals surface area (Å²) in [5.41, 5.74) is 2.47. The molecular weight excluding hydrogens is 648 g/mol. The first-order valence-electron chi connectivity index (χ1n) is 16.2. The molecule has 0 spiro atoms. The van der Waals surface area contributed by atoms with Crippen LogP contribution in [0.1, 0.15) is 32.1 Å². The Morgan fingerprint density at radius 3 is 1.45 bits per heavy atom. The summed E-state index contributed by atoms with van der Waals surface area (Å²) in [6.45, 7) is 0. The van der Waals surface area contributed by atoms with Crippen LogP contribution in [0.4, 0.5) is 11.4 Å². The number of methoxy groups -OCH3 is 2. The molecule has 1 heterocycles. The number of aromatic nitrogens is 2. The largest absolute Gasteiger partial charge is 0.497 e. The third kappa shape index (κ3) is 8.98. The Labute approximate surface area is 296 Å². The highest BCUT2D eigenvalue weighted by Crippen LogP contribution is 2.21. The number of rotatable bonds is 14. The van der Waals surface area contributed by atoms with Gasteiger partial charge in [-0.05, 0) is 59.7 Å². The highest BCUT2D eigenvalue weighted by atomic mass is 16.5. The van der Waals surface area contributed by atoms with E-state index in [-0.39, 0.29) is 36.0 Å². The Morgan fingerprint density at radius 1 is 0.627 bits per heavy atom. The third-order valence-electron chi connectivity index (χ3n) is 8.43. The van der Waals surface area contributed by atoms with Gasteiger partial charge in [0, 0.05) is 38.3 Å². The maximum Gasteiger partial charge on any atom is 0.272 e. The predicted octanol–water partition coefficient (Wildman–Crippen LogP) is 4.44. The van der Waals surface area contributed by atoms with Crippen molar-refractivity contribution in [2.75, 3.05) is 38.1 Å². The molecule has 5 rings (SSSR count). The molecule has 5 aromatic rings. The highest BCUT2D eigenvalue weighted by molar-refractivity contribution is 6.08. The first-order chi connectivity index (χ1) is 24.7. The number of nitrogens with one attached hydrogen (secondary N) is 3. The van der Waals surface area contributed by atoms with Gasteiger partial charge in [-0.2, -0.15) is 0 Å². The summed E-state index contributed by atoms with van der Waals surface area (Å²) >= 11 is 0. The smallest absolute Gasteiger partial charge is 0.272 e. The molecule has 262 valence electrons. The van der Waals surface area contributed by atoms with E-state index in [0.29, 0.717) is 22.9 Å². The van der Waals surface area contributed by atoms with Gasteiger partial charge in [0.15, 0.2) is 5.69 Å². The molecule has 51 heavy (non-hydrogen) atoms. The quantitative estimate of drug-likeness (QED) is 0.157. The van der Waals surface area contributed by atoms with Crippen molar-refractivity contribution in [1.82, 2.24) is 20.6 Å². The van der Waals surface area contributed by atoms with Gasteiger partial charge in [0.25, 0.3) is 11.8 Å². The number of carbonyl (C=O) groups is 4. The monoisotopic (exact) mass is 688 g/mol. The lowest BCUT2D eigenvalue weighted by molar-refractivity contribution is -0.120. The number of amides is 4. The number of nitrogens with zero attached hydrogens (tertiary/aromatic N) is 3. The number of hydrogen-bond donors (Lipinski definition) is 3. The van der Waals surface area contributed by atoms with Crippen molar-refractivity contribution < 1.29 is 28.7 Å². The fourth-order valence-electron chi connectivity index (χ4n) is 5.53. The lowest BCUT2D eigenvalue weighted by Crippen LogP contribution is -2.50. The van der Waals surface area contributed by atoms with E-state index in [2.05, 4.69) is 20.6 Å². The number of hydrogen-bond acceptors (Lipinski definition) is 7. The van der Waals surface area contributed by atoms with E-state index < -0.39 is 23.9 Å². The van der Waals surface area contributed by atoms with Crippen LogP contribution >= 0.6 is 0 Å². The van der Waals surface area contributed by atoms with Gasteiger partial charge in [-0.15, -0.1) is 0 Å². The summed E-state index contributed by atoms with van der Waals surface area (Å²) in [6, 6.07) is 30.5. The van der Waals surface area contributed by atoms with E-state index in [4.69, 9.17) is 9.47 Å². The van der Waals surface area contributed by atoms with Gasteiger partial charge in [0.1, 0.15) is 29.3 Å². The molecule has 0 fully saturated rings. The second-order valence-corrected chi connectivity index (χ2v) is 11.7. The molecule has 0 saturated heterocycles. The number of likely N-dealkylation sites (N-methyl/N-ethyl adjacent to an activating group) is 2. The lowest BCUT2D eigenvalue weighted by Gasteiger charge is -2.25. The minimum absolute atomic E-state index is 0.153. The maximum atomic E-state index is 13.9. The molecule has 4 aromatic carbocycles. The number of carbonyl (C=O) groups excluding carboxylic acids is 4. The number of aromatic amines is 1. The molecule has 12 nitrogen and oxygen atoms in total. The first kappa shape index (κ1) is 35.9. The molecule has 3 N–H and O–H groups in total. The van der Waals surface area contributed by atoms with Crippen LogP contribution in [0.2, 0.25) is 0 Å². The van der Waals surface area contributed by atoms with Crippen molar-refractivity contribution in [2.45, 2.75) is 24.9 Å². The molecule has 0 aliphatic carbocycles. The molecule has 4 amide bonds. The van der Waals surface area contributed by atoms with Crippen LogP contribution in [0.25, 0.3) is 0 Å². The zero-order valence-electron chi connectivity index (χ0n) is 28.8. The van der Waals surface area contributed by atoms with E-state index in [1.54, 1.807) is 76.8 Å². The van der Waals surface area contributed by atoms with Gasteiger partial charge in [-0.3, -0.25) is 19.2 Å². The topological polar surface area (TPSA) is 146 Å². The average Bonchev–Trinajstić information content (AvgIpc) is 3.68. The molecule has 0 saturated carbocycles. The minimum Gasteiger partial charge on any atom is -0.497 e. The van der Waals surface area contributed by atoms with Gasteiger partial charge in [-0.25, -0.2) is 4.98 Å². The lowest BCUT2D eigenvalue weighted by atomic mass is 10.0. The van der Waals surface area contributed by atoms with Gasteiger partial charge >= 0.3 is 0 Å². The van der Waals surface area contributed by atoms with Gasteiger partial charge in [-0.1, -0.05) is 60.7 Å². The van der Waals surface area contributed by atoms with Crippen LogP contribution in [0.5, 0.6) is 11.5 Å². The van der Waals surface area contributed by atoms with E-state index in [0.717, 1.165) is 11.1 Å². The van der Waals surface area contributed by atoms with E-state index in [1.165, 1.54) is 16.1 Å². The molecule has 0 bridgehead atoms. The van der Waals surface area contributed by atoms with E-state index in [9.17, 15) is 19.2 Å². The summed E-state index contributed by atoms with van der Waals surface area (Å²) in [6.07, 6.45) is 1.59. The molecule has 0 aliphatic heterocycles. The number of imidazole rings is 1. The Kier molecular flexibility index (Phi) is 11.8. The van der Waals surface area contributed by atoms with Crippen LogP contribution in [-0.4, -0.2) is 74.0 Å². The fraction of sp³-hybridized carbons (Fsp3) is 0.205. The summed E-state index contributed by atoms with van der Waals surface area (Å²) in [4.78, 5) is 65.1. The number of H-pyrrole nitrogens is 1. The SMILES string of the molecule is COc1ccc(N(C)C(=O)[C@H](Cc2ccccc2)NC(=O)c2nc[nH]c2C(=O)N[C@@H](Cc2ccccc2)C(=O)N(C)c2ccc(OC)cc2)cc1. The second kappa shape index (κ2) is 16.8. The normalized spacial score (nSPS) is 11.8. The summed E-state index contributed by atoms with van der Waals surface area (Å²) in [5, 5.41) is 5.61. The van der Waals surface area contributed by atoms with E-state index in [1.807, 2.05) is 60.7 Å². The van der Waals surface area contributed by atoms with Crippen molar-refractivity contribution in [3.63, 3.8) is 0 Å². The van der Waals surface area contributed by atoms with Crippen LogP contribution in [0.3, 0.4) is 0 Å². The van der Waals surface area contributed by atoms with Crippen LogP contribution < -0.4 is 29.9 Å². The maximum absolute atomic E-state index is 13.9. The van der Waals surface area contributed by atoms with Gasteiger partial charge < -0.3 is 34.9 Å². The second-order valence-electron chi connectivity index (χ2n) is 11.7. The number of ether oxygens (including phenoxy) is 2. The highest BCUT2D eigenvalue weighted by Gasteiger charge is 2.31. The minimum atomic E-state index is -1.01.